The van der Waals surface area contributed by atoms with E-state index in [2.05, 4.69) is 19.2 Å². The molecule has 2 fully saturated rings. The Balaban J connectivity index is 1.68. The molecule has 128 valence electrons. The van der Waals surface area contributed by atoms with Gasteiger partial charge in [0.2, 0.25) is 5.91 Å². The van der Waals surface area contributed by atoms with Gasteiger partial charge in [0.05, 0.1) is 25.2 Å². The Morgan fingerprint density at radius 1 is 1.57 bits per heavy atom. The fourth-order valence-electron chi connectivity index (χ4n) is 3.73. The predicted octanol–water partition coefficient (Wildman–Crippen LogP) is 3.11. The second-order valence-electron chi connectivity index (χ2n) is 7.10. The summed E-state index contributed by atoms with van der Waals surface area (Å²) in [7, 11) is 0. The molecule has 5 heteroatoms. The van der Waals surface area contributed by atoms with Gasteiger partial charge in [0.1, 0.15) is 0 Å². The van der Waals surface area contributed by atoms with Crippen LogP contribution < -0.4 is 0 Å². The second-order valence-corrected chi connectivity index (χ2v) is 7.88. The highest BCUT2D eigenvalue weighted by Crippen LogP contribution is 2.40. The van der Waals surface area contributed by atoms with Gasteiger partial charge >= 0.3 is 0 Å². The van der Waals surface area contributed by atoms with E-state index in [1.807, 2.05) is 16.3 Å². The summed E-state index contributed by atoms with van der Waals surface area (Å²) >= 11 is 1.65. The van der Waals surface area contributed by atoms with Gasteiger partial charge in [-0.15, -0.1) is 0 Å². The summed E-state index contributed by atoms with van der Waals surface area (Å²) in [5.74, 6) is 0.233. The van der Waals surface area contributed by atoms with Gasteiger partial charge in [-0.2, -0.15) is 11.3 Å². The van der Waals surface area contributed by atoms with E-state index in [-0.39, 0.29) is 23.5 Å². The first-order chi connectivity index (χ1) is 11.1. The molecule has 2 unspecified atom stereocenters. The van der Waals surface area contributed by atoms with E-state index in [1.54, 1.807) is 11.3 Å². The lowest BCUT2D eigenvalue weighted by molar-refractivity contribution is -0.167. The van der Waals surface area contributed by atoms with E-state index >= 15 is 0 Å². The average Bonchev–Trinajstić information content (AvgIpc) is 3.05. The molecule has 2 atom stereocenters. The van der Waals surface area contributed by atoms with E-state index in [4.69, 9.17) is 9.47 Å². The third kappa shape index (κ3) is 3.95. The van der Waals surface area contributed by atoms with Crippen molar-refractivity contribution in [2.45, 2.75) is 51.7 Å². The maximum Gasteiger partial charge on any atom is 0.227 e. The number of carbonyl (C=O) groups excluding carboxylic acids is 1. The summed E-state index contributed by atoms with van der Waals surface area (Å²) < 4.78 is 12.0. The van der Waals surface area contributed by atoms with Crippen molar-refractivity contribution in [3.05, 3.63) is 22.4 Å². The fourth-order valence-corrected chi connectivity index (χ4v) is 4.39. The smallest absolute Gasteiger partial charge is 0.227 e. The van der Waals surface area contributed by atoms with Crippen molar-refractivity contribution in [2.24, 2.45) is 5.41 Å². The highest BCUT2D eigenvalue weighted by atomic mass is 32.1. The molecule has 1 amide bonds. The lowest BCUT2D eigenvalue weighted by Crippen LogP contribution is -2.58. The zero-order valence-electron chi connectivity index (χ0n) is 14.1. The van der Waals surface area contributed by atoms with Gasteiger partial charge in [-0.05, 0) is 55.5 Å². The van der Waals surface area contributed by atoms with E-state index in [1.165, 1.54) is 0 Å². The van der Waals surface area contributed by atoms with Gasteiger partial charge in [0.25, 0.3) is 0 Å². The number of likely N-dealkylation sites (tertiary alicyclic amines) is 1. The SMILES string of the molecule is CC(C)OCC12CCCOC1CCN(C(=O)Cc1ccsc1)C2. The van der Waals surface area contributed by atoms with Crippen LogP contribution in [0, 0.1) is 5.41 Å². The summed E-state index contributed by atoms with van der Waals surface area (Å²) in [6.45, 7) is 7.24. The van der Waals surface area contributed by atoms with Crippen LogP contribution in [0.15, 0.2) is 16.8 Å². The van der Waals surface area contributed by atoms with Crippen LogP contribution in [0.25, 0.3) is 0 Å². The number of nitrogens with zero attached hydrogens (tertiary/aromatic N) is 1. The van der Waals surface area contributed by atoms with Crippen LogP contribution in [0.5, 0.6) is 0 Å². The van der Waals surface area contributed by atoms with E-state index in [9.17, 15) is 4.79 Å². The van der Waals surface area contributed by atoms with Crippen molar-refractivity contribution < 1.29 is 14.3 Å². The lowest BCUT2D eigenvalue weighted by atomic mass is 9.73. The van der Waals surface area contributed by atoms with Crippen molar-refractivity contribution in [3.63, 3.8) is 0 Å². The number of thiophene rings is 1. The number of carbonyl (C=O) groups is 1. The number of hydrogen-bond acceptors (Lipinski definition) is 4. The quantitative estimate of drug-likeness (QED) is 0.829. The minimum absolute atomic E-state index is 0.0227. The van der Waals surface area contributed by atoms with Crippen LogP contribution >= 0.6 is 11.3 Å². The van der Waals surface area contributed by atoms with Gasteiger partial charge in [-0.25, -0.2) is 0 Å². The molecular weight excluding hydrogens is 310 g/mol. The summed E-state index contributed by atoms with van der Waals surface area (Å²) in [5, 5.41) is 4.09. The van der Waals surface area contributed by atoms with Gasteiger partial charge in [0.15, 0.2) is 0 Å². The van der Waals surface area contributed by atoms with Crippen LogP contribution in [-0.4, -0.2) is 49.3 Å². The number of hydrogen-bond donors (Lipinski definition) is 0. The van der Waals surface area contributed by atoms with Crippen molar-refractivity contribution in [1.29, 1.82) is 0 Å². The second kappa shape index (κ2) is 7.32. The molecule has 2 aliphatic rings. The molecule has 2 saturated heterocycles. The summed E-state index contributed by atoms with van der Waals surface area (Å²) in [4.78, 5) is 14.7. The van der Waals surface area contributed by atoms with Crippen LogP contribution in [0.4, 0.5) is 0 Å². The first-order valence-corrected chi connectivity index (χ1v) is 9.55. The first-order valence-electron chi connectivity index (χ1n) is 8.61. The normalized spacial score (nSPS) is 28.0. The molecular formula is C18H27NO3S. The molecule has 4 nitrogen and oxygen atoms in total. The number of rotatable bonds is 5. The molecule has 0 radical (unpaired) electrons. The van der Waals surface area contributed by atoms with Crippen molar-refractivity contribution in [2.75, 3.05) is 26.3 Å². The Labute approximate surface area is 142 Å². The molecule has 0 bridgehead atoms. The summed E-state index contributed by atoms with van der Waals surface area (Å²) in [5.41, 5.74) is 1.10. The number of fused-ring (bicyclic) bond motifs is 1. The highest BCUT2D eigenvalue weighted by Gasteiger charge is 2.47. The molecule has 1 aromatic heterocycles. The topological polar surface area (TPSA) is 38.8 Å². The molecule has 1 aromatic rings. The zero-order valence-corrected chi connectivity index (χ0v) is 14.9. The minimum atomic E-state index is -0.0227. The highest BCUT2D eigenvalue weighted by molar-refractivity contribution is 7.07. The maximum atomic E-state index is 12.7. The fraction of sp³-hybridized carbons (Fsp3) is 0.722. The third-order valence-electron chi connectivity index (χ3n) is 4.98. The van der Waals surface area contributed by atoms with Crippen molar-refractivity contribution >= 4 is 17.2 Å². The Morgan fingerprint density at radius 3 is 3.17 bits per heavy atom. The lowest BCUT2D eigenvalue weighted by Gasteiger charge is -2.50. The van der Waals surface area contributed by atoms with Gasteiger partial charge < -0.3 is 14.4 Å². The molecule has 0 aromatic carbocycles. The molecule has 23 heavy (non-hydrogen) atoms. The molecule has 3 rings (SSSR count). The third-order valence-corrected chi connectivity index (χ3v) is 5.71. The van der Waals surface area contributed by atoms with Crippen LogP contribution in [-0.2, 0) is 20.7 Å². The van der Waals surface area contributed by atoms with Gasteiger partial charge in [-0.3, -0.25) is 4.79 Å². The Kier molecular flexibility index (Phi) is 5.39. The predicted molar refractivity (Wildman–Crippen MR) is 91.7 cm³/mol. The number of ether oxygens (including phenoxy) is 2. The molecule has 0 saturated carbocycles. The maximum absolute atomic E-state index is 12.7. The monoisotopic (exact) mass is 337 g/mol. The summed E-state index contributed by atoms with van der Waals surface area (Å²) in [6.07, 6.45) is 4.04. The largest absolute Gasteiger partial charge is 0.378 e. The van der Waals surface area contributed by atoms with Gasteiger partial charge in [0, 0.05) is 25.1 Å². The van der Waals surface area contributed by atoms with Gasteiger partial charge in [-0.1, -0.05) is 0 Å². The molecule has 0 N–H and O–H groups in total. The zero-order chi connectivity index (χ0) is 16.3. The van der Waals surface area contributed by atoms with Crippen molar-refractivity contribution in [3.8, 4) is 0 Å². The minimum Gasteiger partial charge on any atom is -0.378 e. The number of amides is 1. The van der Waals surface area contributed by atoms with Crippen LogP contribution in [0.2, 0.25) is 0 Å². The molecule has 2 aliphatic heterocycles. The first kappa shape index (κ1) is 16.9. The average molecular weight is 337 g/mol. The van der Waals surface area contributed by atoms with E-state index in [0.717, 1.165) is 44.5 Å². The Bertz CT molecular complexity index is 516. The summed E-state index contributed by atoms with van der Waals surface area (Å²) in [6, 6.07) is 2.04. The standard InChI is InChI=1S/C18H27NO3S/c1-14(2)22-13-18-6-3-8-21-16(18)4-7-19(12-18)17(20)10-15-5-9-23-11-15/h5,9,11,14,16H,3-4,6-8,10,12-13H2,1-2H3. The van der Waals surface area contributed by atoms with Crippen molar-refractivity contribution in [1.82, 2.24) is 4.90 Å². The van der Waals surface area contributed by atoms with E-state index in [0.29, 0.717) is 13.0 Å². The van der Waals surface area contributed by atoms with Crippen LogP contribution in [0.3, 0.4) is 0 Å². The molecule has 0 aliphatic carbocycles. The molecule has 3 heterocycles. The van der Waals surface area contributed by atoms with E-state index < -0.39 is 0 Å². The Morgan fingerprint density at radius 2 is 2.43 bits per heavy atom. The number of piperidine rings is 1. The molecule has 0 spiro atoms. The van der Waals surface area contributed by atoms with Crippen LogP contribution in [0.1, 0.15) is 38.7 Å². The Hall–Kier alpha value is -0.910.